The van der Waals surface area contributed by atoms with E-state index in [1.807, 2.05) is 60.4 Å². The third-order valence-electron chi connectivity index (χ3n) is 5.20. The SMILES string of the molecule is CC=CCCC(C)N1c2[nH]c(=O)ccc2C=NC1Nc1ccc(-n2cccn2)cc1. The molecule has 1 aliphatic heterocycles. The summed E-state index contributed by atoms with van der Waals surface area (Å²) in [4.78, 5) is 21.9. The van der Waals surface area contributed by atoms with Crippen LogP contribution in [0.15, 0.2) is 76.8 Å². The minimum Gasteiger partial charge on any atom is -0.347 e. The van der Waals surface area contributed by atoms with Crippen molar-refractivity contribution in [1.29, 1.82) is 0 Å². The van der Waals surface area contributed by atoms with Gasteiger partial charge in [-0.25, -0.2) is 9.67 Å². The number of nitrogens with one attached hydrogen (secondary N) is 2. The van der Waals surface area contributed by atoms with Crippen LogP contribution >= 0.6 is 0 Å². The lowest BCUT2D eigenvalue weighted by Crippen LogP contribution is -2.48. The second kappa shape index (κ2) is 8.82. The number of anilines is 2. The number of aromatic amines is 1. The van der Waals surface area contributed by atoms with Crippen molar-refractivity contribution in [3.05, 3.63) is 82.9 Å². The monoisotopic (exact) mass is 402 g/mol. The molecule has 7 heteroatoms. The topological polar surface area (TPSA) is 78.3 Å². The van der Waals surface area contributed by atoms with Crippen LogP contribution < -0.4 is 15.8 Å². The largest absolute Gasteiger partial charge is 0.347 e. The first kappa shape index (κ1) is 19.7. The van der Waals surface area contributed by atoms with Crippen molar-refractivity contribution in [3.63, 3.8) is 0 Å². The number of fused-ring (bicyclic) bond motifs is 1. The molecule has 1 aliphatic rings. The average molecular weight is 403 g/mol. The van der Waals surface area contributed by atoms with Crippen molar-refractivity contribution in [1.82, 2.24) is 14.8 Å². The molecule has 0 amide bonds. The van der Waals surface area contributed by atoms with Gasteiger partial charge in [-0.15, -0.1) is 0 Å². The molecule has 3 heterocycles. The van der Waals surface area contributed by atoms with Gasteiger partial charge in [0.2, 0.25) is 5.56 Å². The van der Waals surface area contributed by atoms with Gasteiger partial charge in [-0.1, -0.05) is 12.2 Å². The molecule has 0 fully saturated rings. The number of pyridine rings is 1. The highest BCUT2D eigenvalue weighted by Gasteiger charge is 2.28. The molecule has 0 bridgehead atoms. The Balaban J connectivity index is 1.59. The Labute approximate surface area is 175 Å². The number of aromatic nitrogens is 3. The molecule has 154 valence electrons. The molecule has 0 radical (unpaired) electrons. The standard InChI is InChI=1S/C23H26N6O/c1-3-4-5-7-17(2)29-22-18(8-13-21(30)27-22)16-24-23(29)26-19-9-11-20(12-10-19)28-15-6-14-25-28/h3-4,6,8-17,23,26H,5,7H2,1-2H3,(H,27,30). The highest BCUT2D eigenvalue weighted by atomic mass is 16.1. The van der Waals surface area contributed by atoms with Crippen molar-refractivity contribution < 1.29 is 0 Å². The molecular formula is C23H26N6O. The summed E-state index contributed by atoms with van der Waals surface area (Å²) in [5.74, 6) is 0.802. The first-order chi connectivity index (χ1) is 14.7. The maximum absolute atomic E-state index is 12.0. The van der Waals surface area contributed by atoms with Gasteiger partial charge in [0.15, 0.2) is 6.29 Å². The number of allylic oxidation sites excluding steroid dienone is 2. The fraction of sp³-hybridized carbons (Fsp3) is 0.261. The van der Waals surface area contributed by atoms with Crippen LogP contribution in [0.2, 0.25) is 0 Å². The summed E-state index contributed by atoms with van der Waals surface area (Å²) in [5, 5.41) is 7.75. The molecule has 4 rings (SSSR count). The highest BCUT2D eigenvalue weighted by Crippen LogP contribution is 2.27. The second-order valence-corrected chi connectivity index (χ2v) is 7.32. The molecular weight excluding hydrogens is 376 g/mol. The molecule has 30 heavy (non-hydrogen) atoms. The fourth-order valence-electron chi connectivity index (χ4n) is 3.63. The summed E-state index contributed by atoms with van der Waals surface area (Å²) >= 11 is 0. The number of hydrogen-bond acceptors (Lipinski definition) is 5. The van der Waals surface area contributed by atoms with Gasteiger partial charge in [0.05, 0.1) is 5.69 Å². The molecule has 0 spiro atoms. The van der Waals surface area contributed by atoms with Crippen LogP contribution in [0.3, 0.4) is 0 Å². The van der Waals surface area contributed by atoms with Crippen LogP contribution in [0.4, 0.5) is 11.5 Å². The number of hydrogen-bond donors (Lipinski definition) is 2. The van der Waals surface area contributed by atoms with Crippen molar-refractivity contribution in [2.75, 3.05) is 10.2 Å². The maximum atomic E-state index is 12.0. The lowest BCUT2D eigenvalue weighted by Gasteiger charge is -2.39. The summed E-state index contributed by atoms with van der Waals surface area (Å²) in [6, 6.07) is 13.5. The van der Waals surface area contributed by atoms with E-state index in [0.29, 0.717) is 0 Å². The second-order valence-electron chi connectivity index (χ2n) is 7.32. The molecule has 0 saturated heterocycles. The Hall–Kier alpha value is -3.61. The number of nitrogens with zero attached hydrogens (tertiary/aromatic N) is 4. The van der Waals surface area contributed by atoms with Gasteiger partial charge in [-0.2, -0.15) is 5.10 Å². The predicted octanol–water partition coefficient (Wildman–Crippen LogP) is 3.94. The molecule has 2 aromatic heterocycles. The first-order valence-corrected chi connectivity index (χ1v) is 10.2. The molecule has 2 N–H and O–H groups in total. The van der Waals surface area contributed by atoms with E-state index in [1.165, 1.54) is 6.07 Å². The van der Waals surface area contributed by atoms with Crippen LogP contribution in [-0.2, 0) is 0 Å². The molecule has 3 aromatic rings. The third-order valence-corrected chi connectivity index (χ3v) is 5.20. The normalized spacial score (nSPS) is 16.6. The van der Waals surface area contributed by atoms with Crippen molar-refractivity contribution >= 4 is 17.7 Å². The van der Waals surface area contributed by atoms with Gasteiger partial charge >= 0.3 is 0 Å². The van der Waals surface area contributed by atoms with Gasteiger partial charge in [-0.05, 0) is 63.1 Å². The van der Waals surface area contributed by atoms with E-state index in [4.69, 9.17) is 4.99 Å². The minimum atomic E-state index is -0.313. The number of H-pyrrole nitrogens is 1. The van der Waals surface area contributed by atoms with Crippen LogP contribution in [0.5, 0.6) is 0 Å². The third kappa shape index (κ3) is 4.20. The molecule has 0 saturated carbocycles. The quantitative estimate of drug-likeness (QED) is 0.587. The van der Waals surface area contributed by atoms with Gasteiger partial charge in [0.1, 0.15) is 5.82 Å². The molecule has 2 unspecified atom stereocenters. The zero-order chi connectivity index (χ0) is 20.9. The summed E-state index contributed by atoms with van der Waals surface area (Å²) in [7, 11) is 0. The van der Waals surface area contributed by atoms with Gasteiger partial charge in [-0.3, -0.25) is 4.79 Å². The lowest BCUT2D eigenvalue weighted by atomic mass is 10.1. The van der Waals surface area contributed by atoms with Crippen molar-refractivity contribution in [2.45, 2.75) is 39.0 Å². The summed E-state index contributed by atoms with van der Waals surface area (Å²) in [6.07, 6.45) is 11.3. The smallest absolute Gasteiger partial charge is 0.249 e. The van der Waals surface area contributed by atoms with E-state index in [9.17, 15) is 4.79 Å². The Kier molecular flexibility index (Phi) is 5.79. The molecule has 7 nitrogen and oxygen atoms in total. The summed E-state index contributed by atoms with van der Waals surface area (Å²) < 4.78 is 1.82. The van der Waals surface area contributed by atoms with E-state index in [-0.39, 0.29) is 17.9 Å². The van der Waals surface area contributed by atoms with Gasteiger partial charge in [0, 0.05) is 42.0 Å². The Morgan fingerprint density at radius 3 is 2.80 bits per heavy atom. The van der Waals surface area contributed by atoms with E-state index in [1.54, 1.807) is 6.20 Å². The first-order valence-electron chi connectivity index (χ1n) is 10.2. The Bertz CT molecular complexity index is 1080. The van der Waals surface area contributed by atoms with E-state index in [2.05, 4.69) is 39.4 Å². The van der Waals surface area contributed by atoms with Crippen LogP contribution in [0.25, 0.3) is 5.69 Å². The number of rotatable bonds is 7. The van der Waals surface area contributed by atoms with E-state index in [0.717, 1.165) is 35.6 Å². The average Bonchev–Trinajstić information content (AvgIpc) is 3.29. The van der Waals surface area contributed by atoms with Crippen molar-refractivity contribution in [2.24, 2.45) is 4.99 Å². The Morgan fingerprint density at radius 1 is 1.23 bits per heavy atom. The van der Waals surface area contributed by atoms with Crippen molar-refractivity contribution in [3.8, 4) is 5.69 Å². The van der Waals surface area contributed by atoms with E-state index >= 15 is 0 Å². The van der Waals surface area contributed by atoms with Gasteiger partial charge < -0.3 is 15.2 Å². The zero-order valence-electron chi connectivity index (χ0n) is 17.2. The van der Waals surface area contributed by atoms with Gasteiger partial charge in [0.25, 0.3) is 0 Å². The fourth-order valence-corrected chi connectivity index (χ4v) is 3.63. The zero-order valence-corrected chi connectivity index (χ0v) is 17.2. The maximum Gasteiger partial charge on any atom is 0.249 e. The summed E-state index contributed by atoms with van der Waals surface area (Å²) in [6.45, 7) is 4.19. The number of aliphatic imine (C=N–C) groups is 1. The number of benzene rings is 1. The van der Waals surface area contributed by atoms with E-state index < -0.39 is 0 Å². The van der Waals surface area contributed by atoms with Crippen LogP contribution in [0, 0.1) is 0 Å². The molecule has 2 atom stereocenters. The predicted molar refractivity (Wildman–Crippen MR) is 122 cm³/mol. The lowest BCUT2D eigenvalue weighted by molar-refractivity contribution is 0.533. The molecule has 0 aliphatic carbocycles. The van der Waals surface area contributed by atoms with Crippen LogP contribution in [-0.4, -0.2) is 33.3 Å². The highest BCUT2D eigenvalue weighted by molar-refractivity contribution is 5.89. The molecule has 1 aromatic carbocycles. The van der Waals surface area contributed by atoms with Crippen LogP contribution in [0.1, 0.15) is 32.3 Å². The minimum absolute atomic E-state index is 0.114. The summed E-state index contributed by atoms with van der Waals surface area (Å²) in [5.41, 5.74) is 2.74. The Morgan fingerprint density at radius 2 is 2.07 bits per heavy atom.